The van der Waals surface area contributed by atoms with Crippen LogP contribution in [0.15, 0.2) is 21.5 Å². The van der Waals surface area contributed by atoms with E-state index in [2.05, 4.69) is 15.9 Å². The first-order valence-electron chi connectivity index (χ1n) is 6.34. The summed E-state index contributed by atoms with van der Waals surface area (Å²) in [5.41, 5.74) is -0.314. The molecule has 21 heavy (non-hydrogen) atoms. The van der Waals surface area contributed by atoms with Crippen LogP contribution in [0.5, 0.6) is 0 Å². The lowest BCUT2D eigenvalue weighted by molar-refractivity contribution is 0.0700. The van der Waals surface area contributed by atoms with E-state index in [9.17, 15) is 17.6 Å². The van der Waals surface area contributed by atoms with Crippen LogP contribution in [0.1, 0.15) is 37.6 Å². The first kappa shape index (κ1) is 18.4. The Hall–Kier alpha value is -0.660. The number of rotatable bonds is 5. The Labute approximate surface area is 136 Å². The van der Waals surface area contributed by atoms with Gasteiger partial charge < -0.3 is 4.90 Å². The molecule has 0 aliphatic carbocycles. The Bertz CT molecular complexity index is 649. The average Bonchev–Trinajstić information content (AvgIpc) is 2.35. The minimum Gasteiger partial charge on any atom is -0.336 e. The summed E-state index contributed by atoms with van der Waals surface area (Å²) >= 11 is 3.07. The third-order valence-corrected chi connectivity index (χ3v) is 4.62. The van der Waals surface area contributed by atoms with Crippen molar-refractivity contribution < 1.29 is 17.6 Å². The Morgan fingerprint density at radius 1 is 1.43 bits per heavy atom. The predicted octanol–water partition coefficient (Wildman–Crippen LogP) is 3.78. The van der Waals surface area contributed by atoms with Crippen molar-refractivity contribution in [1.82, 2.24) is 4.90 Å². The quantitative estimate of drug-likeness (QED) is 0.707. The van der Waals surface area contributed by atoms with Crippen molar-refractivity contribution >= 4 is 41.6 Å². The largest absolute Gasteiger partial charge is 0.336 e. The number of carbonyl (C=O) groups excluding carboxylic acids is 1. The van der Waals surface area contributed by atoms with E-state index in [0.717, 1.165) is 6.07 Å². The molecule has 1 aromatic rings. The van der Waals surface area contributed by atoms with E-state index in [1.165, 1.54) is 11.0 Å². The maximum Gasteiger partial charge on any atom is 0.264 e. The highest BCUT2D eigenvalue weighted by molar-refractivity contribution is 9.10. The Balaban J connectivity index is 3.43. The standard InChI is InChI=1S/C13H16BrClFNO3S/c1-4-5-17(8(2)3)13(18)10-6-9(14)7-11(12(10)16)21(15,19)20/h6-8H,4-5H2,1-3H3. The van der Waals surface area contributed by atoms with Gasteiger partial charge in [0.1, 0.15) is 4.90 Å². The summed E-state index contributed by atoms with van der Waals surface area (Å²) in [6, 6.07) is 2.16. The van der Waals surface area contributed by atoms with E-state index < -0.39 is 25.7 Å². The minimum absolute atomic E-state index is 0.133. The van der Waals surface area contributed by atoms with Crippen LogP contribution in [-0.2, 0) is 9.05 Å². The molecule has 1 aromatic carbocycles. The van der Waals surface area contributed by atoms with Crippen LogP contribution in [0, 0.1) is 5.82 Å². The zero-order valence-electron chi connectivity index (χ0n) is 11.9. The van der Waals surface area contributed by atoms with E-state index in [0.29, 0.717) is 13.0 Å². The Morgan fingerprint density at radius 2 is 2.00 bits per heavy atom. The monoisotopic (exact) mass is 399 g/mol. The molecule has 0 aromatic heterocycles. The molecule has 0 atom stereocenters. The van der Waals surface area contributed by atoms with Gasteiger partial charge in [0.05, 0.1) is 5.56 Å². The molecular weight excluding hydrogens is 385 g/mol. The highest BCUT2D eigenvalue weighted by Gasteiger charge is 2.27. The van der Waals surface area contributed by atoms with Gasteiger partial charge in [0.25, 0.3) is 15.0 Å². The van der Waals surface area contributed by atoms with Gasteiger partial charge in [0, 0.05) is 27.7 Å². The third-order valence-electron chi connectivity index (χ3n) is 2.85. The molecule has 0 N–H and O–H groups in total. The number of hydrogen-bond acceptors (Lipinski definition) is 3. The van der Waals surface area contributed by atoms with Crippen molar-refractivity contribution in [3.05, 3.63) is 28.0 Å². The number of amides is 1. The molecule has 1 amide bonds. The van der Waals surface area contributed by atoms with E-state index in [-0.39, 0.29) is 16.1 Å². The highest BCUT2D eigenvalue weighted by atomic mass is 79.9. The number of carbonyl (C=O) groups is 1. The molecule has 0 aliphatic heterocycles. The maximum absolute atomic E-state index is 14.3. The summed E-state index contributed by atoms with van der Waals surface area (Å²) in [5, 5.41) is 0. The molecule has 118 valence electrons. The molecule has 0 unspecified atom stereocenters. The molecule has 0 spiro atoms. The van der Waals surface area contributed by atoms with Gasteiger partial charge in [-0.25, -0.2) is 12.8 Å². The molecule has 0 heterocycles. The van der Waals surface area contributed by atoms with Gasteiger partial charge in [0.2, 0.25) is 0 Å². The SMILES string of the molecule is CCCN(C(=O)c1cc(Br)cc(S(=O)(=O)Cl)c1F)C(C)C. The van der Waals surface area contributed by atoms with Gasteiger partial charge in [-0.15, -0.1) is 0 Å². The first-order valence-corrected chi connectivity index (χ1v) is 9.44. The van der Waals surface area contributed by atoms with Gasteiger partial charge in [0.15, 0.2) is 5.82 Å². The van der Waals surface area contributed by atoms with Crippen molar-refractivity contribution in [2.45, 2.75) is 38.1 Å². The molecule has 0 aliphatic rings. The minimum atomic E-state index is -4.27. The topological polar surface area (TPSA) is 54.5 Å². The number of hydrogen-bond donors (Lipinski definition) is 0. The van der Waals surface area contributed by atoms with E-state index >= 15 is 0 Å². The Morgan fingerprint density at radius 3 is 2.43 bits per heavy atom. The molecule has 4 nitrogen and oxygen atoms in total. The summed E-state index contributed by atoms with van der Waals surface area (Å²) in [5.74, 6) is -1.69. The van der Waals surface area contributed by atoms with Crippen molar-refractivity contribution in [1.29, 1.82) is 0 Å². The van der Waals surface area contributed by atoms with Crippen LogP contribution < -0.4 is 0 Å². The second-order valence-electron chi connectivity index (χ2n) is 4.80. The summed E-state index contributed by atoms with van der Waals surface area (Å²) in [6.07, 6.45) is 0.709. The second kappa shape index (κ2) is 7.07. The Kier molecular flexibility index (Phi) is 6.19. The van der Waals surface area contributed by atoms with Crippen LogP contribution in [0.25, 0.3) is 0 Å². The molecular formula is C13H16BrClFNO3S. The molecule has 0 radical (unpaired) electrons. The summed E-state index contributed by atoms with van der Waals surface area (Å²) in [7, 11) is 0.928. The number of benzene rings is 1. The molecule has 0 fully saturated rings. The summed E-state index contributed by atoms with van der Waals surface area (Å²) in [4.78, 5) is 13.2. The smallest absolute Gasteiger partial charge is 0.264 e. The molecule has 8 heteroatoms. The van der Waals surface area contributed by atoms with Crippen molar-refractivity contribution in [3.8, 4) is 0 Å². The highest BCUT2D eigenvalue weighted by Crippen LogP contribution is 2.27. The lowest BCUT2D eigenvalue weighted by atomic mass is 10.1. The third kappa shape index (κ3) is 4.40. The number of nitrogens with zero attached hydrogens (tertiary/aromatic N) is 1. The molecule has 0 bridgehead atoms. The zero-order valence-corrected chi connectivity index (χ0v) is 15.0. The maximum atomic E-state index is 14.3. The van der Waals surface area contributed by atoms with Gasteiger partial charge in [-0.3, -0.25) is 4.79 Å². The van der Waals surface area contributed by atoms with Crippen LogP contribution >= 0.6 is 26.6 Å². The van der Waals surface area contributed by atoms with Crippen LogP contribution in [0.3, 0.4) is 0 Å². The fraction of sp³-hybridized carbons (Fsp3) is 0.462. The summed E-state index contributed by atoms with van der Waals surface area (Å²) < 4.78 is 37.4. The van der Waals surface area contributed by atoms with E-state index in [1.54, 1.807) is 0 Å². The fourth-order valence-corrected chi connectivity index (χ4v) is 3.43. The van der Waals surface area contributed by atoms with Crippen LogP contribution in [0.4, 0.5) is 4.39 Å². The van der Waals surface area contributed by atoms with Gasteiger partial charge >= 0.3 is 0 Å². The zero-order chi connectivity index (χ0) is 16.4. The molecule has 1 rings (SSSR count). The normalized spacial score (nSPS) is 11.8. The van der Waals surface area contributed by atoms with Crippen LogP contribution in [0.2, 0.25) is 0 Å². The lowest BCUT2D eigenvalue weighted by Crippen LogP contribution is -2.38. The van der Waals surface area contributed by atoms with Crippen LogP contribution in [-0.4, -0.2) is 31.8 Å². The summed E-state index contributed by atoms with van der Waals surface area (Å²) in [6.45, 7) is 5.96. The molecule has 0 saturated carbocycles. The van der Waals surface area contributed by atoms with E-state index in [4.69, 9.17) is 10.7 Å². The molecule has 0 saturated heterocycles. The van der Waals surface area contributed by atoms with Crippen molar-refractivity contribution in [3.63, 3.8) is 0 Å². The first-order chi connectivity index (χ1) is 9.59. The van der Waals surface area contributed by atoms with Gasteiger partial charge in [-0.05, 0) is 32.4 Å². The number of halogens is 3. The lowest BCUT2D eigenvalue weighted by Gasteiger charge is -2.26. The fourth-order valence-electron chi connectivity index (χ4n) is 1.89. The van der Waals surface area contributed by atoms with Crippen molar-refractivity contribution in [2.24, 2.45) is 0 Å². The second-order valence-corrected chi connectivity index (χ2v) is 8.25. The van der Waals surface area contributed by atoms with E-state index in [1.807, 2.05) is 20.8 Å². The van der Waals surface area contributed by atoms with Gasteiger partial charge in [-0.1, -0.05) is 22.9 Å². The average molecular weight is 401 g/mol. The van der Waals surface area contributed by atoms with Gasteiger partial charge in [-0.2, -0.15) is 0 Å². The predicted molar refractivity (Wildman–Crippen MR) is 83.6 cm³/mol. The van der Waals surface area contributed by atoms with Crippen molar-refractivity contribution in [2.75, 3.05) is 6.54 Å².